The van der Waals surface area contributed by atoms with Crippen LogP contribution in [0.2, 0.25) is 5.02 Å². The first-order valence-corrected chi connectivity index (χ1v) is 13.5. The molecular weight excluding hydrogens is 550 g/mol. The summed E-state index contributed by atoms with van der Waals surface area (Å²) in [5, 5.41) is 7.01. The summed E-state index contributed by atoms with van der Waals surface area (Å²) in [6.07, 6.45) is 0.478. The van der Waals surface area contributed by atoms with Gasteiger partial charge in [0.15, 0.2) is 5.11 Å². The molecule has 1 aliphatic heterocycles. The second-order valence-corrected chi connectivity index (χ2v) is 9.83. The lowest BCUT2D eigenvalue weighted by molar-refractivity contribution is -0.119. The number of hydrogen-bond donors (Lipinski definition) is 2. The average Bonchev–Trinajstić information content (AvgIpc) is 3.05. The van der Waals surface area contributed by atoms with E-state index in [1.807, 2.05) is 19.1 Å². The van der Waals surface area contributed by atoms with Crippen LogP contribution in [0.5, 0.6) is 11.9 Å². The first-order valence-electron chi connectivity index (χ1n) is 12.7. The normalized spacial score (nSPS) is 14.6. The number of carbonyl (C=O) groups is 1. The Morgan fingerprint density at radius 1 is 1.12 bits per heavy atom. The Bertz CT molecular complexity index is 1460. The minimum absolute atomic E-state index is 0.136. The number of nitrogens with zero attached hydrogens (tertiary/aromatic N) is 5. The molecule has 0 saturated heterocycles. The van der Waals surface area contributed by atoms with Gasteiger partial charge in [-0.2, -0.15) is 4.98 Å². The quantitative estimate of drug-likeness (QED) is 0.374. The van der Waals surface area contributed by atoms with Gasteiger partial charge in [-0.1, -0.05) is 11.6 Å². The number of likely N-dealkylation sites (N-methyl/N-ethyl adjacent to an activating group) is 1. The number of amides is 1. The Hall–Kier alpha value is -3.96. The second kappa shape index (κ2) is 12.5. The van der Waals surface area contributed by atoms with Crippen LogP contribution in [-0.4, -0.2) is 67.2 Å². The summed E-state index contributed by atoms with van der Waals surface area (Å²) < 4.78 is 10.7. The largest absolute Gasteiger partial charge is 0.480 e. The maximum absolute atomic E-state index is 13.6. The molecule has 1 unspecified atom stereocenters. The summed E-state index contributed by atoms with van der Waals surface area (Å²) >= 11 is 12.0. The minimum Gasteiger partial charge on any atom is -0.480 e. The van der Waals surface area contributed by atoms with E-state index in [-0.39, 0.29) is 22.9 Å². The van der Waals surface area contributed by atoms with Gasteiger partial charge in [0, 0.05) is 48.3 Å². The molecule has 1 amide bonds. The monoisotopic (exact) mass is 581 g/mol. The van der Waals surface area contributed by atoms with Crippen molar-refractivity contribution >= 4 is 57.6 Å². The predicted molar refractivity (Wildman–Crippen MR) is 164 cm³/mol. The highest BCUT2D eigenvalue weighted by molar-refractivity contribution is 7.80. The Labute approximate surface area is 244 Å². The molecule has 0 aliphatic carbocycles. The molecule has 1 atom stereocenters. The summed E-state index contributed by atoms with van der Waals surface area (Å²) in [4.78, 5) is 30.7. The lowest BCUT2D eigenvalue weighted by Crippen LogP contribution is -2.47. The highest BCUT2D eigenvalue weighted by Gasteiger charge is 2.32. The first-order chi connectivity index (χ1) is 19.2. The molecule has 0 spiro atoms. The number of benzodiazepines with no additional fused rings is 1. The minimum atomic E-state index is -1.06. The van der Waals surface area contributed by atoms with Crippen molar-refractivity contribution < 1.29 is 14.3 Å². The SMILES string of the molecule is CCN(CC)c1ccc(NC(=S)NC2N=C(c3cnc(OC)nc3OC)c3cc(Cl)ccc3N(C)C2=O)c(C)c1. The number of anilines is 3. The number of rotatable bonds is 8. The standard InChI is InChI=1S/C28H32ClN7O3S/c1-7-36(8-2)18-10-11-21(16(3)13-18)31-28(40)33-24-26(37)35(4)22-12-9-17(29)14-19(22)23(32-24)20-15-30-27(39-6)34-25(20)38-5/h9-15,24H,7-8H2,1-6H3,(H2,31,33,40). The van der Waals surface area contributed by atoms with Crippen LogP contribution in [0.3, 0.4) is 0 Å². The van der Waals surface area contributed by atoms with Gasteiger partial charge in [-0.25, -0.2) is 9.98 Å². The van der Waals surface area contributed by atoms with Crippen molar-refractivity contribution in [2.45, 2.75) is 26.9 Å². The third-order valence-electron chi connectivity index (χ3n) is 6.62. The van der Waals surface area contributed by atoms with Gasteiger partial charge in [0.1, 0.15) is 0 Å². The van der Waals surface area contributed by atoms with Gasteiger partial charge in [0.25, 0.3) is 5.91 Å². The van der Waals surface area contributed by atoms with Crippen LogP contribution in [0.25, 0.3) is 0 Å². The molecule has 1 aliphatic rings. The van der Waals surface area contributed by atoms with E-state index in [0.29, 0.717) is 27.5 Å². The molecule has 210 valence electrons. The predicted octanol–water partition coefficient (Wildman–Crippen LogP) is 4.43. The zero-order valence-corrected chi connectivity index (χ0v) is 24.9. The Kier molecular flexibility index (Phi) is 9.06. The van der Waals surface area contributed by atoms with Crippen LogP contribution in [0, 0.1) is 6.92 Å². The maximum atomic E-state index is 13.6. The lowest BCUT2D eigenvalue weighted by Gasteiger charge is -2.23. The lowest BCUT2D eigenvalue weighted by atomic mass is 10.0. The summed E-state index contributed by atoms with van der Waals surface area (Å²) in [5.41, 5.74) is 5.07. The van der Waals surface area contributed by atoms with E-state index in [1.54, 1.807) is 31.4 Å². The molecule has 2 aromatic carbocycles. The van der Waals surface area contributed by atoms with Gasteiger partial charge in [0.2, 0.25) is 12.0 Å². The van der Waals surface area contributed by atoms with Crippen molar-refractivity contribution in [1.29, 1.82) is 0 Å². The fourth-order valence-corrected chi connectivity index (χ4v) is 4.87. The van der Waals surface area contributed by atoms with Gasteiger partial charge in [-0.05, 0) is 75.0 Å². The Morgan fingerprint density at radius 3 is 2.52 bits per heavy atom. The van der Waals surface area contributed by atoms with Gasteiger partial charge in [-0.15, -0.1) is 0 Å². The highest BCUT2D eigenvalue weighted by Crippen LogP contribution is 2.32. The van der Waals surface area contributed by atoms with Crippen LogP contribution in [0.4, 0.5) is 17.1 Å². The molecule has 10 nitrogen and oxygen atoms in total. The molecule has 0 saturated carbocycles. The van der Waals surface area contributed by atoms with Crippen LogP contribution in [-0.2, 0) is 4.79 Å². The molecule has 40 heavy (non-hydrogen) atoms. The fourth-order valence-electron chi connectivity index (χ4n) is 4.48. The Morgan fingerprint density at radius 2 is 1.88 bits per heavy atom. The van der Waals surface area contributed by atoms with Crippen LogP contribution >= 0.6 is 23.8 Å². The molecule has 1 aromatic heterocycles. The zero-order chi connectivity index (χ0) is 29.0. The molecule has 12 heteroatoms. The third kappa shape index (κ3) is 5.95. The molecular formula is C28H32ClN7O3S. The smallest absolute Gasteiger partial charge is 0.319 e. The van der Waals surface area contributed by atoms with Crippen LogP contribution in [0.1, 0.15) is 30.5 Å². The highest BCUT2D eigenvalue weighted by atomic mass is 35.5. The van der Waals surface area contributed by atoms with E-state index in [4.69, 9.17) is 38.3 Å². The Balaban J connectivity index is 1.71. The second-order valence-electron chi connectivity index (χ2n) is 8.99. The van der Waals surface area contributed by atoms with E-state index in [2.05, 4.69) is 45.4 Å². The van der Waals surface area contributed by atoms with Crippen LogP contribution < -0.4 is 29.9 Å². The molecule has 0 radical (unpaired) electrons. The summed E-state index contributed by atoms with van der Waals surface area (Å²) in [6, 6.07) is 11.5. The number of hydrogen-bond acceptors (Lipinski definition) is 8. The number of halogens is 1. The van der Waals surface area contributed by atoms with Crippen molar-refractivity contribution in [2.24, 2.45) is 4.99 Å². The van der Waals surface area contributed by atoms with Crippen molar-refractivity contribution in [3.63, 3.8) is 0 Å². The average molecular weight is 582 g/mol. The van der Waals surface area contributed by atoms with Crippen molar-refractivity contribution in [3.05, 3.63) is 64.3 Å². The number of methoxy groups -OCH3 is 2. The number of fused-ring (bicyclic) bond motifs is 1. The number of benzene rings is 2. The van der Waals surface area contributed by atoms with Gasteiger partial charge >= 0.3 is 6.01 Å². The molecule has 2 N–H and O–H groups in total. The van der Waals surface area contributed by atoms with E-state index in [0.717, 1.165) is 30.0 Å². The maximum Gasteiger partial charge on any atom is 0.319 e. The van der Waals surface area contributed by atoms with E-state index >= 15 is 0 Å². The molecule has 0 fully saturated rings. The molecule has 3 aromatic rings. The summed E-state index contributed by atoms with van der Waals surface area (Å²) in [6.45, 7) is 8.09. The van der Waals surface area contributed by atoms with Crippen molar-refractivity contribution in [3.8, 4) is 11.9 Å². The number of aliphatic imine (C=N–C) groups is 1. The third-order valence-corrected chi connectivity index (χ3v) is 7.07. The topological polar surface area (TPSA) is 104 Å². The summed E-state index contributed by atoms with van der Waals surface area (Å²) in [5.74, 6) is -0.0818. The van der Waals surface area contributed by atoms with E-state index in [9.17, 15) is 4.79 Å². The fraction of sp³-hybridized carbons (Fsp3) is 0.321. The molecule has 0 bridgehead atoms. The number of ether oxygens (including phenoxy) is 2. The zero-order valence-electron chi connectivity index (χ0n) is 23.3. The van der Waals surface area contributed by atoms with E-state index in [1.165, 1.54) is 19.1 Å². The number of nitrogens with one attached hydrogen (secondary N) is 2. The number of carbonyl (C=O) groups excluding carboxylic acids is 1. The molecule has 4 rings (SSSR count). The van der Waals surface area contributed by atoms with Gasteiger partial charge in [0.05, 0.1) is 31.2 Å². The van der Waals surface area contributed by atoms with Crippen molar-refractivity contribution in [1.82, 2.24) is 15.3 Å². The van der Waals surface area contributed by atoms with Crippen molar-refractivity contribution in [2.75, 3.05) is 49.5 Å². The first kappa shape index (κ1) is 29.0. The van der Waals surface area contributed by atoms with Crippen LogP contribution in [0.15, 0.2) is 47.6 Å². The van der Waals surface area contributed by atoms with Gasteiger partial charge < -0.3 is 29.9 Å². The number of aromatic nitrogens is 2. The van der Waals surface area contributed by atoms with E-state index < -0.39 is 6.17 Å². The van der Waals surface area contributed by atoms with Gasteiger partial charge in [-0.3, -0.25) is 4.79 Å². The number of thiocarbonyl (C=S) groups is 1. The summed E-state index contributed by atoms with van der Waals surface area (Å²) in [7, 11) is 4.63. The number of aryl methyl sites for hydroxylation is 1. The molecule has 2 heterocycles.